The second-order valence-corrected chi connectivity index (χ2v) is 5.64. The fraction of sp³-hybridized carbons (Fsp3) is 0.182. The molecule has 0 saturated carbocycles. The zero-order valence-corrected chi connectivity index (χ0v) is 10.2. The van der Waals surface area contributed by atoms with Crippen molar-refractivity contribution >= 4 is 43.6 Å². The third-order valence-corrected chi connectivity index (χ3v) is 5.00. The van der Waals surface area contributed by atoms with Gasteiger partial charge in [0.05, 0.1) is 4.01 Å². The van der Waals surface area contributed by atoms with Gasteiger partial charge >= 0.3 is 0 Å². The number of hydrogen-bond donors (Lipinski definition) is 1. The summed E-state index contributed by atoms with van der Waals surface area (Å²) in [6.07, 6.45) is 0. The van der Waals surface area contributed by atoms with Gasteiger partial charge in [-0.3, -0.25) is 4.79 Å². The Hall–Kier alpha value is -1.13. The Balaban J connectivity index is 2.69. The predicted octanol–water partition coefficient (Wildman–Crippen LogP) is 3.08. The molecule has 0 aliphatic carbocycles. The number of rotatable bonds is 2. The minimum atomic E-state index is -0.440. The topological polar surface area (TPSA) is 43.1 Å². The van der Waals surface area contributed by atoms with E-state index < -0.39 is 5.91 Å². The Labute approximate surface area is 96.0 Å². The molecule has 0 atom stereocenters. The van der Waals surface area contributed by atoms with E-state index in [1.165, 1.54) is 15.0 Å². The van der Waals surface area contributed by atoms with Crippen LogP contribution in [0.4, 0.5) is 0 Å². The third-order valence-electron chi connectivity index (χ3n) is 2.42. The van der Waals surface area contributed by atoms with Crippen LogP contribution >= 0.6 is 22.7 Å². The van der Waals surface area contributed by atoms with Crippen LogP contribution in [0.15, 0.2) is 12.0 Å². The largest absolute Gasteiger partial charge is 0.366 e. The average Bonchev–Trinajstić information content (AvgIpc) is 2.68. The molecule has 0 bridgehead atoms. The zero-order valence-electron chi connectivity index (χ0n) is 8.59. The molecule has 78 valence electrons. The van der Waals surface area contributed by atoms with Gasteiger partial charge in [0.1, 0.15) is 0 Å². The van der Waals surface area contributed by atoms with Crippen molar-refractivity contribution in [3.05, 3.63) is 28.0 Å². The standard InChI is InChI=1S/C11H11NOS2/c1-5-4-14-11-8(5)6(2)9(15-11)7(3)10(12)13/h4H,3H2,1-2H3,(H2,12,13). The molecule has 0 aliphatic heterocycles. The number of carbonyl (C=O) groups is 1. The first-order valence-electron chi connectivity index (χ1n) is 4.48. The van der Waals surface area contributed by atoms with E-state index in [-0.39, 0.29) is 0 Å². The maximum Gasteiger partial charge on any atom is 0.249 e. The summed E-state index contributed by atoms with van der Waals surface area (Å²) < 4.78 is 1.24. The summed E-state index contributed by atoms with van der Waals surface area (Å²) in [5.41, 5.74) is 8.03. The minimum absolute atomic E-state index is 0.417. The molecule has 0 aliphatic rings. The lowest BCUT2D eigenvalue weighted by atomic mass is 10.1. The number of nitrogens with two attached hydrogens (primary N) is 1. The summed E-state index contributed by atoms with van der Waals surface area (Å²) in [5, 5.41) is 3.38. The van der Waals surface area contributed by atoms with Crippen LogP contribution < -0.4 is 5.73 Å². The smallest absolute Gasteiger partial charge is 0.249 e. The molecule has 2 nitrogen and oxygen atoms in total. The highest BCUT2D eigenvalue weighted by atomic mass is 32.2. The fourth-order valence-electron chi connectivity index (χ4n) is 1.63. The van der Waals surface area contributed by atoms with Crippen molar-refractivity contribution < 1.29 is 4.79 Å². The molecule has 0 spiro atoms. The van der Waals surface area contributed by atoms with Gasteiger partial charge in [0.15, 0.2) is 0 Å². The maximum absolute atomic E-state index is 11.1. The predicted molar refractivity (Wildman–Crippen MR) is 67.4 cm³/mol. The quantitative estimate of drug-likeness (QED) is 0.801. The van der Waals surface area contributed by atoms with Crippen molar-refractivity contribution in [1.29, 1.82) is 0 Å². The summed E-state index contributed by atoms with van der Waals surface area (Å²) in [5.74, 6) is -0.440. The summed E-state index contributed by atoms with van der Waals surface area (Å²) in [4.78, 5) is 12.0. The number of primary amides is 1. The van der Waals surface area contributed by atoms with Gasteiger partial charge in [-0.2, -0.15) is 0 Å². The van der Waals surface area contributed by atoms with Crippen LogP contribution in [0.5, 0.6) is 0 Å². The molecule has 15 heavy (non-hydrogen) atoms. The molecule has 2 N–H and O–H groups in total. The SMILES string of the molecule is C=C(C(N)=O)c1sc2scc(C)c2c1C. The molecular formula is C11H11NOS2. The van der Waals surface area contributed by atoms with E-state index in [2.05, 4.69) is 18.9 Å². The van der Waals surface area contributed by atoms with E-state index in [1.807, 2.05) is 6.92 Å². The molecule has 0 aromatic carbocycles. The van der Waals surface area contributed by atoms with Crippen LogP contribution in [0.1, 0.15) is 16.0 Å². The lowest BCUT2D eigenvalue weighted by Crippen LogP contribution is -2.11. The van der Waals surface area contributed by atoms with Crippen molar-refractivity contribution in [1.82, 2.24) is 0 Å². The van der Waals surface area contributed by atoms with Crippen molar-refractivity contribution in [2.45, 2.75) is 13.8 Å². The van der Waals surface area contributed by atoms with Crippen LogP contribution in [-0.4, -0.2) is 5.91 Å². The molecule has 0 radical (unpaired) electrons. The van der Waals surface area contributed by atoms with E-state index in [9.17, 15) is 4.79 Å². The summed E-state index contributed by atoms with van der Waals surface area (Å²) in [7, 11) is 0. The van der Waals surface area contributed by atoms with Crippen LogP contribution in [0.3, 0.4) is 0 Å². The summed E-state index contributed by atoms with van der Waals surface area (Å²) >= 11 is 3.30. The Morgan fingerprint density at radius 2 is 2.13 bits per heavy atom. The van der Waals surface area contributed by atoms with Crippen LogP contribution in [-0.2, 0) is 4.79 Å². The van der Waals surface area contributed by atoms with Crippen LogP contribution in [0.2, 0.25) is 0 Å². The van der Waals surface area contributed by atoms with Crippen LogP contribution in [0.25, 0.3) is 15.0 Å². The van der Waals surface area contributed by atoms with Gasteiger partial charge in [-0.15, -0.1) is 22.7 Å². The molecular weight excluding hydrogens is 226 g/mol. The van der Waals surface area contributed by atoms with E-state index in [4.69, 9.17) is 5.73 Å². The van der Waals surface area contributed by atoms with Crippen molar-refractivity contribution in [3.63, 3.8) is 0 Å². The molecule has 2 rings (SSSR count). The number of thiophene rings is 2. The Kier molecular flexibility index (Phi) is 2.40. The molecule has 2 aromatic rings. The molecule has 2 aromatic heterocycles. The first-order valence-corrected chi connectivity index (χ1v) is 6.18. The Bertz CT molecular complexity index is 562. The zero-order chi connectivity index (χ0) is 11.2. The average molecular weight is 237 g/mol. The molecule has 2 heterocycles. The van der Waals surface area contributed by atoms with Gasteiger partial charge in [-0.1, -0.05) is 6.58 Å². The second kappa shape index (κ2) is 3.47. The van der Waals surface area contributed by atoms with Crippen molar-refractivity contribution in [3.8, 4) is 0 Å². The number of carbonyl (C=O) groups excluding carboxylic acids is 1. The van der Waals surface area contributed by atoms with E-state index >= 15 is 0 Å². The monoisotopic (exact) mass is 237 g/mol. The molecule has 0 saturated heterocycles. The Morgan fingerprint density at radius 3 is 2.67 bits per heavy atom. The normalized spacial score (nSPS) is 10.8. The minimum Gasteiger partial charge on any atom is -0.366 e. The third kappa shape index (κ3) is 1.50. The first-order chi connectivity index (χ1) is 7.02. The molecule has 0 fully saturated rings. The van der Waals surface area contributed by atoms with Crippen LogP contribution in [0, 0.1) is 13.8 Å². The summed E-state index contributed by atoms with van der Waals surface area (Å²) in [6, 6.07) is 0. The van der Waals surface area contributed by atoms with E-state index in [1.54, 1.807) is 22.7 Å². The second-order valence-electron chi connectivity index (χ2n) is 3.48. The van der Waals surface area contributed by atoms with E-state index in [0.717, 1.165) is 10.4 Å². The van der Waals surface area contributed by atoms with Gasteiger partial charge in [-0.05, 0) is 30.4 Å². The molecule has 0 unspecified atom stereocenters. The van der Waals surface area contributed by atoms with Gasteiger partial charge in [0.2, 0.25) is 5.91 Å². The number of aryl methyl sites for hydroxylation is 2. The van der Waals surface area contributed by atoms with Crippen molar-refractivity contribution in [2.75, 3.05) is 0 Å². The highest BCUT2D eigenvalue weighted by Gasteiger charge is 2.16. The number of fused-ring (bicyclic) bond motifs is 1. The van der Waals surface area contributed by atoms with Crippen molar-refractivity contribution in [2.24, 2.45) is 5.73 Å². The fourth-order valence-corrected chi connectivity index (χ4v) is 4.13. The van der Waals surface area contributed by atoms with Gasteiger partial charge in [-0.25, -0.2) is 0 Å². The first kappa shape index (κ1) is 10.4. The van der Waals surface area contributed by atoms with Gasteiger partial charge < -0.3 is 5.73 Å². The van der Waals surface area contributed by atoms with Gasteiger partial charge in [0.25, 0.3) is 0 Å². The highest BCUT2D eigenvalue weighted by molar-refractivity contribution is 7.38. The lowest BCUT2D eigenvalue weighted by Gasteiger charge is -1.99. The molecule has 4 heteroatoms. The number of amides is 1. The summed E-state index contributed by atoms with van der Waals surface area (Å²) in [6.45, 7) is 7.82. The Morgan fingerprint density at radius 1 is 1.47 bits per heavy atom. The highest BCUT2D eigenvalue weighted by Crippen LogP contribution is 2.39. The molecule has 1 amide bonds. The maximum atomic E-state index is 11.1. The lowest BCUT2D eigenvalue weighted by molar-refractivity contribution is -0.112. The van der Waals surface area contributed by atoms with Gasteiger partial charge in [0, 0.05) is 15.8 Å². The van der Waals surface area contributed by atoms with E-state index in [0.29, 0.717) is 5.57 Å². The number of hydrogen-bond acceptors (Lipinski definition) is 3.